The fourth-order valence-electron chi connectivity index (χ4n) is 3.66. The van der Waals surface area contributed by atoms with Gasteiger partial charge in [0.1, 0.15) is 0 Å². The number of hydrogen-bond donors (Lipinski definition) is 0. The molecule has 0 amide bonds. The zero-order chi connectivity index (χ0) is 23.5. The maximum atomic E-state index is 6.06. The predicted molar refractivity (Wildman–Crippen MR) is 127 cm³/mol. The topological polar surface area (TPSA) is 96.4 Å². The number of pyridine rings is 2. The van der Waals surface area contributed by atoms with Gasteiger partial charge in [0.05, 0.1) is 11.6 Å². The first kappa shape index (κ1) is 23.3. The first-order valence-electron chi connectivity index (χ1n) is 10.7. The first-order chi connectivity index (χ1) is 17.3. The molecule has 6 aromatic rings. The van der Waals surface area contributed by atoms with Crippen molar-refractivity contribution in [2.24, 2.45) is 0 Å². The summed E-state index contributed by atoms with van der Waals surface area (Å²) in [5.74, 6) is 1.77. The molecule has 36 heavy (non-hydrogen) atoms. The van der Waals surface area contributed by atoms with E-state index < -0.39 is 0 Å². The van der Waals surface area contributed by atoms with Crippen LogP contribution in [-0.4, -0.2) is 39.5 Å². The Morgan fingerprint density at radius 1 is 0.556 bits per heavy atom. The van der Waals surface area contributed by atoms with Gasteiger partial charge in [0, 0.05) is 25.3 Å². The van der Waals surface area contributed by atoms with Gasteiger partial charge < -0.3 is 24.1 Å². The van der Waals surface area contributed by atoms with Crippen LogP contribution in [0, 0.1) is 12.7 Å². The Labute approximate surface area is 220 Å². The number of rotatable bonds is 6. The SMILES string of the molecule is [Pt+2].[c-]1ncnn1-c1nc(Oc2ccc(-c3ccccc3)c(-n3[c-]ncn3)n2)ccc1-c1ccccc1. The van der Waals surface area contributed by atoms with Crippen molar-refractivity contribution in [1.29, 1.82) is 0 Å². The van der Waals surface area contributed by atoms with E-state index >= 15 is 0 Å². The van der Waals surface area contributed by atoms with Gasteiger partial charge in [-0.3, -0.25) is 9.97 Å². The van der Waals surface area contributed by atoms with Gasteiger partial charge in [-0.15, -0.1) is 0 Å². The van der Waals surface area contributed by atoms with E-state index in [2.05, 4.69) is 42.8 Å². The normalized spacial score (nSPS) is 10.6. The molecular weight excluding hydrogens is 635 g/mol. The van der Waals surface area contributed by atoms with Crippen molar-refractivity contribution in [3.63, 3.8) is 0 Å². The molecule has 0 saturated heterocycles. The molecule has 4 aromatic heterocycles. The molecule has 0 aliphatic rings. The van der Waals surface area contributed by atoms with Gasteiger partial charge in [0.25, 0.3) is 0 Å². The summed E-state index contributed by atoms with van der Waals surface area (Å²) in [4.78, 5) is 17.2. The van der Waals surface area contributed by atoms with E-state index in [1.54, 1.807) is 12.1 Å². The Morgan fingerprint density at radius 2 is 1.00 bits per heavy atom. The Hall–Kier alpha value is -4.49. The molecule has 0 N–H and O–H groups in total. The zero-order valence-electron chi connectivity index (χ0n) is 18.5. The zero-order valence-corrected chi connectivity index (χ0v) is 20.8. The summed E-state index contributed by atoms with van der Waals surface area (Å²) in [6.07, 6.45) is 8.44. The molecule has 2 aromatic carbocycles. The van der Waals surface area contributed by atoms with Gasteiger partial charge in [-0.2, -0.15) is 0 Å². The fraction of sp³-hybridized carbons (Fsp3) is 0. The van der Waals surface area contributed by atoms with Gasteiger partial charge >= 0.3 is 21.1 Å². The van der Waals surface area contributed by atoms with Crippen molar-refractivity contribution in [1.82, 2.24) is 39.5 Å². The van der Waals surface area contributed by atoms with E-state index in [-0.39, 0.29) is 21.1 Å². The van der Waals surface area contributed by atoms with Gasteiger partial charge in [0.2, 0.25) is 11.8 Å². The van der Waals surface area contributed by atoms with Crippen molar-refractivity contribution in [3.8, 4) is 45.6 Å². The second kappa shape index (κ2) is 10.4. The van der Waals surface area contributed by atoms with Crippen LogP contribution < -0.4 is 4.74 Å². The Morgan fingerprint density at radius 3 is 1.39 bits per heavy atom. The molecule has 0 spiro atoms. The van der Waals surface area contributed by atoms with Crippen LogP contribution in [0.4, 0.5) is 0 Å². The molecule has 176 valence electrons. The quantitative estimate of drug-likeness (QED) is 0.247. The molecule has 0 aliphatic carbocycles. The minimum atomic E-state index is 0. The summed E-state index contributed by atoms with van der Waals surface area (Å²) in [5, 5.41) is 8.41. The monoisotopic (exact) mass is 651 g/mol. The van der Waals surface area contributed by atoms with E-state index in [9.17, 15) is 0 Å². The summed E-state index contributed by atoms with van der Waals surface area (Å²) < 4.78 is 9.03. The van der Waals surface area contributed by atoms with Gasteiger partial charge in [0.15, 0.2) is 0 Å². The van der Waals surface area contributed by atoms with Crippen molar-refractivity contribution < 1.29 is 25.8 Å². The molecule has 0 atom stereocenters. The number of benzene rings is 2. The molecule has 6 rings (SSSR count). The Balaban J connectivity index is 0.00000267. The maximum Gasteiger partial charge on any atom is 2.00 e. The van der Waals surface area contributed by atoms with Crippen molar-refractivity contribution in [3.05, 3.63) is 110 Å². The average molecular weight is 652 g/mol. The van der Waals surface area contributed by atoms with Crippen LogP contribution >= 0.6 is 0 Å². The third-order valence-electron chi connectivity index (χ3n) is 5.23. The fourth-order valence-corrected chi connectivity index (χ4v) is 3.66. The number of nitrogens with zero attached hydrogens (tertiary/aromatic N) is 8. The molecule has 0 fully saturated rings. The molecule has 0 saturated carbocycles. The molecule has 0 bridgehead atoms. The molecule has 0 unspecified atom stereocenters. The van der Waals surface area contributed by atoms with E-state index in [4.69, 9.17) is 4.74 Å². The summed E-state index contributed by atoms with van der Waals surface area (Å²) in [5.41, 5.74) is 3.70. The van der Waals surface area contributed by atoms with E-state index in [0.717, 1.165) is 22.3 Å². The number of hydrogen-bond acceptors (Lipinski definition) is 7. The number of aromatic nitrogens is 8. The molecule has 9 nitrogen and oxygen atoms in total. The summed E-state index contributed by atoms with van der Waals surface area (Å²) in [6.45, 7) is 0. The van der Waals surface area contributed by atoms with Crippen LogP contribution in [0.1, 0.15) is 0 Å². The largest absolute Gasteiger partial charge is 2.00 e. The van der Waals surface area contributed by atoms with Crippen LogP contribution in [0.5, 0.6) is 11.8 Å². The average Bonchev–Trinajstić information content (AvgIpc) is 3.65. The van der Waals surface area contributed by atoms with Gasteiger partial charge in [-0.1, -0.05) is 72.8 Å². The Kier molecular flexibility index (Phi) is 6.73. The summed E-state index contributed by atoms with van der Waals surface area (Å²) in [6, 6.07) is 27.2. The van der Waals surface area contributed by atoms with Gasteiger partial charge in [-0.25, -0.2) is 10.2 Å². The molecule has 0 aliphatic heterocycles. The number of ether oxygens (including phenoxy) is 1. The second-order valence-electron chi connectivity index (χ2n) is 7.42. The first-order valence-corrected chi connectivity index (χ1v) is 10.7. The van der Waals surface area contributed by atoms with Crippen LogP contribution in [0.25, 0.3) is 33.9 Å². The van der Waals surface area contributed by atoms with Crippen molar-refractivity contribution in [2.75, 3.05) is 0 Å². The van der Waals surface area contributed by atoms with E-state index in [1.807, 2.05) is 72.8 Å². The molecule has 4 heterocycles. The third-order valence-corrected chi connectivity index (χ3v) is 5.23. The van der Waals surface area contributed by atoms with Crippen LogP contribution in [0.3, 0.4) is 0 Å². The third kappa shape index (κ3) is 4.69. The van der Waals surface area contributed by atoms with Crippen molar-refractivity contribution in [2.45, 2.75) is 0 Å². The van der Waals surface area contributed by atoms with Crippen LogP contribution in [0.2, 0.25) is 0 Å². The Bertz CT molecular complexity index is 1440. The molecular formula is C26H16N8OPt. The smallest absolute Gasteiger partial charge is 0.423 e. The predicted octanol–water partition coefficient (Wildman–Crippen LogP) is 4.36. The van der Waals surface area contributed by atoms with Gasteiger partial charge in [-0.05, 0) is 34.4 Å². The maximum absolute atomic E-state index is 6.06. The molecule has 10 heteroatoms. The van der Waals surface area contributed by atoms with E-state index in [1.165, 1.54) is 22.0 Å². The summed E-state index contributed by atoms with van der Waals surface area (Å²) >= 11 is 0. The molecule has 0 radical (unpaired) electrons. The minimum absolute atomic E-state index is 0. The standard InChI is InChI=1S/C26H16N8O.Pt/c1-3-7-19(8-4-1)21-11-13-23(31-25(21)33-17-27-15-29-33)35-24-14-12-22(20-9-5-2-6-10-20)26(32-24)34-18-28-16-30-34;/h1-16H;/q-2;+2. The summed E-state index contributed by atoms with van der Waals surface area (Å²) in [7, 11) is 0. The van der Waals surface area contributed by atoms with Crippen LogP contribution in [-0.2, 0) is 21.1 Å². The second-order valence-corrected chi connectivity index (χ2v) is 7.42. The van der Waals surface area contributed by atoms with Crippen LogP contribution in [0.15, 0.2) is 97.6 Å². The van der Waals surface area contributed by atoms with E-state index in [0.29, 0.717) is 23.4 Å². The minimum Gasteiger partial charge on any atom is -0.423 e. The van der Waals surface area contributed by atoms with Crippen molar-refractivity contribution >= 4 is 0 Å².